The summed E-state index contributed by atoms with van der Waals surface area (Å²) in [7, 11) is 0. The summed E-state index contributed by atoms with van der Waals surface area (Å²) in [6, 6.07) is 7.87. The van der Waals surface area contributed by atoms with Crippen LogP contribution in [0.15, 0.2) is 24.3 Å². The van der Waals surface area contributed by atoms with Gasteiger partial charge in [0, 0.05) is 26.1 Å². The monoisotopic (exact) mass is 342 g/mol. The number of para-hydroxylation sites is 2. The third-order valence-corrected chi connectivity index (χ3v) is 4.81. The van der Waals surface area contributed by atoms with Crippen molar-refractivity contribution >= 4 is 28.8 Å². The minimum Gasteiger partial charge on any atom is -0.342 e. The Labute approximate surface area is 148 Å². The van der Waals surface area contributed by atoms with Crippen LogP contribution in [0.2, 0.25) is 0 Å². The third-order valence-electron chi connectivity index (χ3n) is 4.81. The highest BCUT2D eigenvalue weighted by Crippen LogP contribution is 2.22. The average Bonchev–Trinajstić information content (AvgIpc) is 2.99. The van der Waals surface area contributed by atoms with Gasteiger partial charge in [0.1, 0.15) is 0 Å². The molecule has 1 atom stereocenters. The van der Waals surface area contributed by atoms with Gasteiger partial charge in [0.25, 0.3) is 0 Å². The van der Waals surface area contributed by atoms with Crippen molar-refractivity contribution in [1.29, 1.82) is 0 Å². The molecule has 3 rings (SSSR count). The van der Waals surface area contributed by atoms with Crippen molar-refractivity contribution < 1.29 is 9.59 Å². The molecule has 0 spiro atoms. The number of likely N-dealkylation sites (tertiary alicyclic amines) is 1. The van der Waals surface area contributed by atoms with E-state index in [1.807, 2.05) is 47.6 Å². The summed E-state index contributed by atoms with van der Waals surface area (Å²) in [5.74, 6) is 0.533. The Bertz CT molecular complexity index is 768. The first-order chi connectivity index (χ1) is 12.1. The zero-order valence-corrected chi connectivity index (χ0v) is 15.0. The molecule has 0 aliphatic carbocycles. The number of hydrogen-bond acceptors (Lipinski definition) is 3. The van der Waals surface area contributed by atoms with Crippen molar-refractivity contribution in [2.75, 3.05) is 18.4 Å². The molecule has 2 heterocycles. The summed E-state index contributed by atoms with van der Waals surface area (Å²) in [5.41, 5.74) is 1.90. The Hall–Kier alpha value is -2.37. The third kappa shape index (κ3) is 3.67. The van der Waals surface area contributed by atoms with E-state index in [-0.39, 0.29) is 17.7 Å². The summed E-state index contributed by atoms with van der Waals surface area (Å²) < 4.78 is 2.01. The maximum Gasteiger partial charge on any atom is 0.231 e. The van der Waals surface area contributed by atoms with Gasteiger partial charge in [-0.05, 0) is 38.3 Å². The number of rotatable bonds is 5. The molecule has 1 N–H and O–H groups in total. The van der Waals surface area contributed by atoms with Crippen LogP contribution in [0, 0.1) is 5.92 Å². The topological polar surface area (TPSA) is 67.2 Å². The van der Waals surface area contributed by atoms with Crippen LogP contribution in [0.1, 0.15) is 39.5 Å². The van der Waals surface area contributed by atoms with Gasteiger partial charge in [-0.15, -0.1) is 0 Å². The normalized spacial score (nSPS) is 17.7. The lowest BCUT2D eigenvalue weighted by molar-refractivity contribution is -0.134. The van der Waals surface area contributed by atoms with Crippen LogP contribution >= 0.6 is 0 Å². The van der Waals surface area contributed by atoms with Gasteiger partial charge in [-0.2, -0.15) is 0 Å². The predicted octanol–water partition coefficient (Wildman–Crippen LogP) is 3.03. The maximum atomic E-state index is 12.7. The van der Waals surface area contributed by atoms with Crippen molar-refractivity contribution in [2.24, 2.45) is 5.92 Å². The van der Waals surface area contributed by atoms with Gasteiger partial charge in [0.05, 0.1) is 17.0 Å². The first kappa shape index (κ1) is 17.5. The van der Waals surface area contributed by atoms with E-state index in [4.69, 9.17) is 0 Å². The highest BCUT2D eigenvalue weighted by molar-refractivity contribution is 5.93. The van der Waals surface area contributed by atoms with E-state index in [0.717, 1.165) is 43.4 Å². The number of hydrogen-bond donors (Lipinski definition) is 1. The van der Waals surface area contributed by atoms with Gasteiger partial charge < -0.3 is 9.47 Å². The number of aromatic nitrogens is 2. The lowest BCUT2D eigenvalue weighted by atomic mass is 9.97. The molecule has 1 aliphatic rings. The van der Waals surface area contributed by atoms with Crippen molar-refractivity contribution in [3.63, 3.8) is 0 Å². The van der Waals surface area contributed by atoms with Crippen LogP contribution in [0.25, 0.3) is 11.0 Å². The lowest BCUT2D eigenvalue weighted by Gasteiger charge is -2.32. The van der Waals surface area contributed by atoms with Gasteiger partial charge in [0.15, 0.2) is 0 Å². The number of amides is 2. The number of nitrogens with one attached hydrogen (secondary N) is 1. The van der Waals surface area contributed by atoms with Crippen LogP contribution in [-0.4, -0.2) is 39.4 Å². The smallest absolute Gasteiger partial charge is 0.231 e. The summed E-state index contributed by atoms with van der Waals surface area (Å²) >= 11 is 0. The highest BCUT2D eigenvalue weighted by atomic mass is 16.2. The minimum atomic E-state index is -0.167. The Kier molecular flexibility index (Phi) is 5.36. The Morgan fingerprint density at radius 1 is 1.28 bits per heavy atom. The Morgan fingerprint density at radius 3 is 2.84 bits per heavy atom. The van der Waals surface area contributed by atoms with Gasteiger partial charge >= 0.3 is 0 Å². The average molecular weight is 342 g/mol. The predicted molar refractivity (Wildman–Crippen MR) is 98.2 cm³/mol. The number of piperidine rings is 1. The summed E-state index contributed by atoms with van der Waals surface area (Å²) in [5, 5.41) is 2.99. The largest absolute Gasteiger partial charge is 0.342 e. The first-order valence-corrected chi connectivity index (χ1v) is 9.18. The molecule has 1 aliphatic heterocycles. The van der Waals surface area contributed by atoms with Gasteiger partial charge in [-0.3, -0.25) is 14.9 Å². The van der Waals surface area contributed by atoms with Crippen LogP contribution in [0.4, 0.5) is 5.95 Å². The highest BCUT2D eigenvalue weighted by Gasteiger charge is 2.28. The fourth-order valence-corrected chi connectivity index (χ4v) is 3.49. The molecule has 6 heteroatoms. The molecule has 2 amide bonds. The summed E-state index contributed by atoms with van der Waals surface area (Å²) in [6.45, 7) is 6.05. The molecule has 6 nitrogen and oxygen atoms in total. The second kappa shape index (κ2) is 7.68. The van der Waals surface area contributed by atoms with Crippen molar-refractivity contribution in [1.82, 2.24) is 14.5 Å². The molecule has 0 bridgehead atoms. The zero-order chi connectivity index (χ0) is 17.8. The number of nitrogens with zero attached hydrogens (tertiary/aromatic N) is 3. The Morgan fingerprint density at radius 2 is 2.08 bits per heavy atom. The second-order valence-electron chi connectivity index (χ2n) is 6.59. The Balaban J connectivity index is 1.73. The number of benzene rings is 1. The second-order valence-corrected chi connectivity index (χ2v) is 6.59. The van der Waals surface area contributed by atoms with Crippen molar-refractivity contribution in [3.8, 4) is 0 Å². The standard InChI is InChI=1S/C19H26N4O2/c1-3-8-17(24)22-12-7-9-14(13-22)18(25)21-19-20-15-10-5-6-11-16(15)23(19)4-2/h5-6,10-11,14H,3-4,7-9,12-13H2,1-2H3,(H,20,21,25)/t14-/m0/s1. The van der Waals surface area contributed by atoms with E-state index in [1.54, 1.807) is 0 Å². The van der Waals surface area contributed by atoms with Crippen molar-refractivity contribution in [3.05, 3.63) is 24.3 Å². The number of anilines is 1. The number of aryl methyl sites for hydroxylation is 1. The quantitative estimate of drug-likeness (QED) is 0.908. The summed E-state index contributed by atoms with van der Waals surface area (Å²) in [6.07, 6.45) is 3.08. The molecule has 0 radical (unpaired) electrons. The number of carbonyl (C=O) groups excluding carboxylic acids is 2. The molecule has 1 saturated heterocycles. The van der Waals surface area contributed by atoms with Crippen LogP contribution in [0.5, 0.6) is 0 Å². The van der Waals surface area contributed by atoms with Crippen molar-refractivity contribution in [2.45, 2.75) is 46.1 Å². The zero-order valence-electron chi connectivity index (χ0n) is 15.0. The van der Waals surface area contributed by atoms with Gasteiger partial charge in [0.2, 0.25) is 17.8 Å². The van der Waals surface area contributed by atoms with Crippen LogP contribution in [-0.2, 0) is 16.1 Å². The molecule has 2 aromatic rings. The molecule has 1 fully saturated rings. The fraction of sp³-hybridized carbons (Fsp3) is 0.526. The molecule has 1 aromatic heterocycles. The van der Waals surface area contributed by atoms with Gasteiger partial charge in [-0.1, -0.05) is 19.1 Å². The van der Waals surface area contributed by atoms with E-state index in [0.29, 0.717) is 18.9 Å². The number of carbonyl (C=O) groups is 2. The number of fused-ring (bicyclic) bond motifs is 1. The molecular weight excluding hydrogens is 316 g/mol. The fourth-order valence-electron chi connectivity index (χ4n) is 3.49. The molecule has 134 valence electrons. The van der Waals surface area contributed by atoms with Crippen LogP contribution < -0.4 is 5.32 Å². The summed E-state index contributed by atoms with van der Waals surface area (Å²) in [4.78, 5) is 31.2. The maximum absolute atomic E-state index is 12.7. The molecule has 0 saturated carbocycles. The van der Waals surface area contributed by atoms with E-state index >= 15 is 0 Å². The molecule has 25 heavy (non-hydrogen) atoms. The van der Waals surface area contributed by atoms with E-state index < -0.39 is 0 Å². The minimum absolute atomic E-state index is 0.0426. The first-order valence-electron chi connectivity index (χ1n) is 9.18. The molecule has 1 aromatic carbocycles. The molecule has 0 unspecified atom stereocenters. The van der Waals surface area contributed by atoms with E-state index in [1.165, 1.54) is 0 Å². The molecular formula is C19H26N4O2. The van der Waals surface area contributed by atoms with Crippen LogP contribution in [0.3, 0.4) is 0 Å². The van der Waals surface area contributed by atoms with Gasteiger partial charge in [-0.25, -0.2) is 4.98 Å². The van der Waals surface area contributed by atoms with E-state index in [2.05, 4.69) is 10.3 Å². The number of imidazole rings is 1. The SMILES string of the molecule is CCCC(=O)N1CCC[C@H](C(=O)Nc2nc3ccccc3n2CC)C1. The lowest BCUT2D eigenvalue weighted by Crippen LogP contribution is -2.43. The van der Waals surface area contributed by atoms with E-state index in [9.17, 15) is 9.59 Å².